The summed E-state index contributed by atoms with van der Waals surface area (Å²) >= 11 is 0. The minimum atomic E-state index is -3.58. The zero-order chi connectivity index (χ0) is 13.0. The minimum Gasteiger partial charge on any atom is -0.480 e. The van der Waals surface area contributed by atoms with Gasteiger partial charge in [-0.1, -0.05) is 26.8 Å². The van der Waals surface area contributed by atoms with Crippen LogP contribution in [0.3, 0.4) is 0 Å². The van der Waals surface area contributed by atoms with E-state index in [1.54, 1.807) is 20.8 Å². The summed E-state index contributed by atoms with van der Waals surface area (Å²) in [7, 11) is -3.58. The van der Waals surface area contributed by atoms with Gasteiger partial charge in [-0.15, -0.1) is 6.58 Å². The highest BCUT2D eigenvalue weighted by atomic mass is 32.2. The molecule has 0 fully saturated rings. The number of sulfonamides is 1. The van der Waals surface area contributed by atoms with Crippen molar-refractivity contribution >= 4 is 16.0 Å². The molecular formula is C10H19NO4S. The lowest BCUT2D eigenvalue weighted by molar-refractivity contribution is -0.138. The zero-order valence-corrected chi connectivity index (χ0v) is 10.7. The molecule has 0 amide bonds. The molecule has 0 aromatic rings. The lowest BCUT2D eigenvalue weighted by Gasteiger charge is -2.20. The average Bonchev–Trinajstić information content (AvgIpc) is 1.97. The van der Waals surface area contributed by atoms with Gasteiger partial charge < -0.3 is 5.11 Å². The molecule has 0 aromatic heterocycles. The number of hydrogen-bond acceptors (Lipinski definition) is 3. The Bertz CT molecular complexity index is 354. The van der Waals surface area contributed by atoms with Gasteiger partial charge in [-0.3, -0.25) is 4.79 Å². The molecule has 0 radical (unpaired) electrons. The molecule has 94 valence electrons. The fourth-order valence-electron chi connectivity index (χ4n) is 1.19. The molecule has 5 nitrogen and oxygen atoms in total. The molecule has 1 unspecified atom stereocenters. The highest BCUT2D eigenvalue weighted by Crippen LogP contribution is 2.15. The van der Waals surface area contributed by atoms with Gasteiger partial charge in [-0.25, -0.2) is 13.1 Å². The molecular weight excluding hydrogens is 230 g/mol. The van der Waals surface area contributed by atoms with Gasteiger partial charge in [0, 0.05) is 0 Å². The predicted molar refractivity (Wildman–Crippen MR) is 62.6 cm³/mol. The van der Waals surface area contributed by atoms with Crippen molar-refractivity contribution in [2.24, 2.45) is 5.41 Å². The minimum absolute atomic E-state index is 0.0682. The number of hydrogen-bond donors (Lipinski definition) is 2. The van der Waals surface area contributed by atoms with Crippen molar-refractivity contribution in [3.05, 3.63) is 12.7 Å². The molecule has 0 saturated heterocycles. The summed E-state index contributed by atoms with van der Waals surface area (Å²) < 4.78 is 25.4. The summed E-state index contributed by atoms with van der Waals surface area (Å²) in [6, 6.07) is -1.13. The average molecular weight is 249 g/mol. The Morgan fingerprint density at radius 2 is 2.00 bits per heavy atom. The van der Waals surface area contributed by atoms with Gasteiger partial charge in [0.1, 0.15) is 6.04 Å². The third kappa shape index (κ3) is 6.58. The molecule has 0 aliphatic carbocycles. The second-order valence-electron chi connectivity index (χ2n) is 4.85. The lowest BCUT2D eigenvalue weighted by atomic mass is 10.0. The maximum absolute atomic E-state index is 11.6. The number of nitrogens with one attached hydrogen (secondary N) is 1. The summed E-state index contributed by atoms with van der Waals surface area (Å²) in [5.41, 5.74) is -0.414. The van der Waals surface area contributed by atoms with Crippen LogP contribution in [0, 0.1) is 5.41 Å². The van der Waals surface area contributed by atoms with Gasteiger partial charge in [0.2, 0.25) is 10.0 Å². The first-order valence-corrected chi connectivity index (χ1v) is 6.56. The second kappa shape index (κ2) is 5.45. The van der Waals surface area contributed by atoms with Gasteiger partial charge in [0.15, 0.2) is 0 Å². The van der Waals surface area contributed by atoms with E-state index in [4.69, 9.17) is 5.11 Å². The first-order chi connectivity index (χ1) is 7.07. The van der Waals surface area contributed by atoms with Crippen molar-refractivity contribution in [1.29, 1.82) is 0 Å². The van der Waals surface area contributed by atoms with E-state index in [1.807, 2.05) is 0 Å². The Balaban J connectivity index is 4.67. The smallest absolute Gasteiger partial charge is 0.322 e. The maximum Gasteiger partial charge on any atom is 0.322 e. The van der Waals surface area contributed by atoms with Crippen LogP contribution in [0.5, 0.6) is 0 Å². The quantitative estimate of drug-likeness (QED) is 0.687. The van der Waals surface area contributed by atoms with E-state index in [2.05, 4.69) is 11.3 Å². The monoisotopic (exact) mass is 249 g/mol. The van der Waals surface area contributed by atoms with Gasteiger partial charge in [-0.2, -0.15) is 0 Å². The van der Waals surface area contributed by atoms with Crippen LogP contribution in [0.2, 0.25) is 0 Å². The van der Waals surface area contributed by atoms with E-state index in [0.717, 1.165) is 0 Å². The third-order valence-corrected chi connectivity index (χ3v) is 3.54. The molecule has 0 saturated carbocycles. The summed E-state index contributed by atoms with van der Waals surface area (Å²) in [4.78, 5) is 10.8. The van der Waals surface area contributed by atoms with Crippen LogP contribution < -0.4 is 4.72 Å². The number of carboxylic acids is 1. The molecule has 0 heterocycles. The second-order valence-corrected chi connectivity index (χ2v) is 6.61. The molecule has 0 aliphatic rings. The van der Waals surface area contributed by atoms with Crippen LogP contribution >= 0.6 is 0 Å². The highest BCUT2D eigenvalue weighted by Gasteiger charge is 2.26. The van der Waals surface area contributed by atoms with Gasteiger partial charge in [-0.05, 0) is 11.8 Å². The largest absolute Gasteiger partial charge is 0.480 e. The van der Waals surface area contributed by atoms with E-state index >= 15 is 0 Å². The highest BCUT2D eigenvalue weighted by molar-refractivity contribution is 7.89. The Morgan fingerprint density at radius 1 is 1.50 bits per heavy atom. The Morgan fingerprint density at radius 3 is 2.31 bits per heavy atom. The molecule has 0 rings (SSSR count). The molecule has 1 atom stereocenters. The fraction of sp³-hybridized carbons (Fsp3) is 0.700. The van der Waals surface area contributed by atoms with Crippen LogP contribution in [0.15, 0.2) is 12.7 Å². The SMILES string of the molecule is C=CCC(NS(=O)(=O)CC(C)(C)C)C(=O)O. The lowest BCUT2D eigenvalue weighted by Crippen LogP contribution is -2.43. The standard InChI is InChI=1S/C10H19NO4S/c1-5-6-8(9(12)13)11-16(14,15)7-10(2,3)4/h5,8,11H,1,6-7H2,2-4H3,(H,12,13). The van der Waals surface area contributed by atoms with E-state index in [-0.39, 0.29) is 12.2 Å². The Kier molecular flexibility index (Phi) is 5.15. The number of carboxylic acid groups (broad SMARTS) is 1. The molecule has 0 spiro atoms. The Hall–Kier alpha value is -0.880. The summed E-state index contributed by atoms with van der Waals surface area (Å²) in [5.74, 6) is -1.31. The van der Waals surface area contributed by atoms with Crippen molar-refractivity contribution in [3.63, 3.8) is 0 Å². The summed E-state index contributed by atoms with van der Waals surface area (Å²) in [6.45, 7) is 8.71. The van der Waals surface area contributed by atoms with Crippen LogP contribution in [-0.4, -0.2) is 31.3 Å². The van der Waals surface area contributed by atoms with Crippen molar-refractivity contribution in [1.82, 2.24) is 4.72 Å². The number of rotatable bonds is 6. The molecule has 0 aromatic carbocycles. The first-order valence-electron chi connectivity index (χ1n) is 4.91. The Labute approximate surface area is 96.6 Å². The molecule has 6 heteroatoms. The normalized spacial score (nSPS) is 14.4. The predicted octanol–water partition coefficient (Wildman–Crippen LogP) is 0.981. The van der Waals surface area contributed by atoms with Crippen LogP contribution in [0.25, 0.3) is 0 Å². The molecule has 0 aliphatic heterocycles. The van der Waals surface area contributed by atoms with Crippen LogP contribution in [0.4, 0.5) is 0 Å². The van der Waals surface area contributed by atoms with E-state index in [9.17, 15) is 13.2 Å². The van der Waals surface area contributed by atoms with Crippen LogP contribution in [0.1, 0.15) is 27.2 Å². The molecule has 0 bridgehead atoms. The van der Waals surface area contributed by atoms with E-state index in [0.29, 0.717) is 0 Å². The van der Waals surface area contributed by atoms with Gasteiger partial charge in [0.25, 0.3) is 0 Å². The van der Waals surface area contributed by atoms with Gasteiger partial charge >= 0.3 is 5.97 Å². The van der Waals surface area contributed by atoms with Crippen LogP contribution in [-0.2, 0) is 14.8 Å². The molecule has 2 N–H and O–H groups in total. The van der Waals surface area contributed by atoms with E-state index in [1.165, 1.54) is 6.08 Å². The fourth-order valence-corrected chi connectivity index (χ4v) is 3.05. The number of aliphatic carboxylic acids is 1. The van der Waals surface area contributed by atoms with Crippen molar-refractivity contribution < 1.29 is 18.3 Å². The maximum atomic E-state index is 11.6. The topological polar surface area (TPSA) is 83.5 Å². The van der Waals surface area contributed by atoms with Crippen molar-refractivity contribution in [2.75, 3.05) is 5.75 Å². The number of carbonyl (C=O) groups is 1. The van der Waals surface area contributed by atoms with Crippen molar-refractivity contribution in [3.8, 4) is 0 Å². The summed E-state index contributed by atoms with van der Waals surface area (Å²) in [5, 5.41) is 8.79. The zero-order valence-electron chi connectivity index (χ0n) is 9.86. The van der Waals surface area contributed by atoms with Crippen molar-refractivity contribution in [2.45, 2.75) is 33.2 Å². The van der Waals surface area contributed by atoms with E-state index < -0.39 is 27.4 Å². The first kappa shape index (κ1) is 15.1. The molecule has 16 heavy (non-hydrogen) atoms. The summed E-state index contributed by atoms with van der Waals surface area (Å²) in [6.07, 6.45) is 1.44. The van der Waals surface area contributed by atoms with Gasteiger partial charge in [0.05, 0.1) is 5.75 Å². The third-order valence-electron chi connectivity index (χ3n) is 1.65.